The van der Waals surface area contributed by atoms with E-state index in [1.165, 1.54) is 0 Å². The summed E-state index contributed by atoms with van der Waals surface area (Å²) in [4.78, 5) is 11.1. The summed E-state index contributed by atoms with van der Waals surface area (Å²) in [6.45, 7) is 0. The minimum Gasteiger partial charge on any atom is -0.495 e. The van der Waals surface area contributed by atoms with Crippen molar-refractivity contribution in [2.45, 2.75) is 44.6 Å². The quantitative estimate of drug-likeness (QED) is 0.838. The fourth-order valence-electron chi connectivity index (χ4n) is 3.40. The monoisotopic (exact) mass is 311 g/mol. The molecule has 1 aromatic carbocycles. The molecule has 0 saturated heterocycles. The highest BCUT2D eigenvalue weighted by Crippen LogP contribution is 2.47. The SMILES string of the molecule is COc1ccc(C(N)CC2(CC(=O)O)CCCC2)cc1Cl. The molecule has 0 radical (unpaired) electrons. The molecule has 1 unspecified atom stereocenters. The van der Waals surface area contributed by atoms with Crippen LogP contribution in [-0.4, -0.2) is 18.2 Å². The number of ether oxygens (including phenoxy) is 1. The zero-order valence-corrected chi connectivity index (χ0v) is 13.0. The van der Waals surface area contributed by atoms with Crippen molar-refractivity contribution < 1.29 is 14.6 Å². The predicted molar refractivity (Wildman–Crippen MR) is 82.7 cm³/mol. The lowest BCUT2D eigenvalue weighted by molar-refractivity contribution is -0.139. The number of methoxy groups -OCH3 is 1. The van der Waals surface area contributed by atoms with Gasteiger partial charge in [0.1, 0.15) is 5.75 Å². The van der Waals surface area contributed by atoms with Crippen LogP contribution < -0.4 is 10.5 Å². The molecule has 1 atom stereocenters. The van der Waals surface area contributed by atoms with Crippen LogP contribution in [0.3, 0.4) is 0 Å². The minimum absolute atomic E-state index is 0.169. The van der Waals surface area contributed by atoms with Crippen LogP contribution in [0.15, 0.2) is 18.2 Å². The number of carboxylic acids is 1. The van der Waals surface area contributed by atoms with E-state index in [-0.39, 0.29) is 17.9 Å². The van der Waals surface area contributed by atoms with Crippen LogP contribution in [0, 0.1) is 5.41 Å². The van der Waals surface area contributed by atoms with Gasteiger partial charge in [0.25, 0.3) is 0 Å². The first-order chi connectivity index (χ1) is 9.96. The van der Waals surface area contributed by atoms with Crippen molar-refractivity contribution in [3.63, 3.8) is 0 Å². The Morgan fingerprint density at radius 2 is 2.14 bits per heavy atom. The summed E-state index contributed by atoms with van der Waals surface area (Å²) >= 11 is 6.13. The van der Waals surface area contributed by atoms with Gasteiger partial charge in [0.05, 0.1) is 18.6 Å². The Balaban J connectivity index is 2.13. The van der Waals surface area contributed by atoms with Gasteiger partial charge in [-0.25, -0.2) is 0 Å². The molecule has 1 aromatic rings. The molecule has 5 heteroatoms. The highest BCUT2D eigenvalue weighted by atomic mass is 35.5. The molecule has 1 fully saturated rings. The zero-order chi connectivity index (χ0) is 15.5. The van der Waals surface area contributed by atoms with Gasteiger partial charge in [-0.3, -0.25) is 4.79 Å². The zero-order valence-electron chi connectivity index (χ0n) is 12.3. The number of hydrogen-bond acceptors (Lipinski definition) is 3. The number of rotatable bonds is 6. The van der Waals surface area contributed by atoms with E-state index in [4.69, 9.17) is 27.2 Å². The lowest BCUT2D eigenvalue weighted by Gasteiger charge is -2.30. The number of aliphatic carboxylic acids is 1. The standard InChI is InChI=1S/C16H22ClNO3/c1-21-14-5-4-11(8-12(14)17)13(18)9-16(10-15(19)20)6-2-3-7-16/h4-5,8,13H,2-3,6-7,9-10,18H2,1H3,(H,19,20). The van der Waals surface area contributed by atoms with Crippen molar-refractivity contribution in [3.05, 3.63) is 28.8 Å². The summed E-state index contributed by atoms with van der Waals surface area (Å²) in [5, 5.41) is 9.69. The highest BCUT2D eigenvalue weighted by molar-refractivity contribution is 6.32. The first-order valence-electron chi connectivity index (χ1n) is 7.27. The molecule has 1 aliphatic rings. The molecular formula is C16H22ClNO3. The van der Waals surface area contributed by atoms with E-state index in [2.05, 4.69) is 0 Å². The molecule has 0 aromatic heterocycles. The number of carbonyl (C=O) groups is 1. The van der Waals surface area contributed by atoms with E-state index < -0.39 is 5.97 Å². The number of carboxylic acid groups (broad SMARTS) is 1. The van der Waals surface area contributed by atoms with Crippen LogP contribution in [-0.2, 0) is 4.79 Å². The summed E-state index contributed by atoms with van der Waals surface area (Å²) in [6.07, 6.45) is 4.94. The Hall–Kier alpha value is -1.26. The van der Waals surface area contributed by atoms with Crippen LogP contribution in [0.4, 0.5) is 0 Å². The molecule has 0 bridgehead atoms. The summed E-state index contributed by atoms with van der Waals surface area (Å²) in [6, 6.07) is 5.31. The van der Waals surface area contributed by atoms with E-state index in [0.29, 0.717) is 17.2 Å². The molecule has 0 amide bonds. The Labute approximate surface area is 130 Å². The molecule has 0 aliphatic heterocycles. The first kappa shape index (κ1) is 16.1. The topological polar surface area (TPSA) is 72.5 Å². The maximum atomic E-state index is 11.1. The largest absolute Gasteiger partial charge is 0.495 e. The lowest BCUT2D eigenvalue weighted by Crippen LogP contribution is -2.27. The van der Waals surface area contributed by atoms with Crippen molar-refractivity contribution in [3.8, 4) is 5.75 Å². The molecule has 4 nitrogen and oxygen atoms in total. The molecule has 1 aliphatic carbocycles. The highest BCUT2D eigenvalue weighted by Gasteiger charge is 2.37. The van der Waals surface area contributed by atoms with Crippen LogP contribution in [0.1, 0.15) is 50.1 Å². The molecular weight excluding hydrogens is 290 g/mol. The number of benzene rings is 1. The second-order valence-electron chi connectivity index (χ2n) is 5.98. The predicted octanol–water partition coefficient (Wildman–Crippen LogP) is 3.77. The smallest absolute Gasteiger partial charge is 0.303 e. The average Bonchev–Trinajstić information content (AvgIpc) is 2.85. The Morgan fingerprint density at radius 3 is 2.67 bits per heavy atom. The van der Waals surface area contributed by atoms with Crippen LogP contribution in [0.25, 0.3) is 0 Å². The van der Waals surface area contributed by atoms with Crippen LogP contribution in [0.2, 0.25) is 5.02 Å². The van der Waals surface area contributed by atoms with Gasteiger partial charge >= 0.3 is 5.97 Å². The van der Waals surface area contributed by atoms with Gasteiger partial charge in [-0.1, -0.05) is 30.5 Å². The first-order valence-corrected chi connectivity index (χ1v) is 7.64. The molecule has 0 spiro atoms. The summed E-state index contributed by atoms with van der Waals surface area (Å²) in [7, 11) is 1.57. The lowest BCUT2D eigenvalue weighted by atomic mass is 9.76. The Morgan fingerprint density at radius 1 is 1.48 bits per heavy atom. The molecule has 0 heterocycles. The van der Waals surface area contributed by atoms with Crippen molar-refractivity contribution in [1.82, 2.24) is 0 Å². The maximum Gasteiger partial charge on any atom is 0.303 e. The second-order valence-corrected chi connectivity index (χ2v) is 6.39. The minimum atomic E-state index is -0.739. The third-order valence-corrected chi connectivity index (χ3v) is 4.74. The number of nitrogens with two attached hydrogens (primary N) is 1. The normalized spacial score (nSPS) is 18.4. The van der Waals surface area contributed by atoms with E-state index in [9.17, 15) is 4.79 Å². The van der Waals surface area contributed by atoms with E-state index in [0.717, 1.165) is 31.2 Å². The van der Waals surface area contributed by atoms with E-state index in [1.807, 2.05) is 12.1 Å². The molecule has 21 heavy (non-hydrogen) atoms. The van der Waals surface area contributed by atoms with Crippen molar-refractivity contribution in [2.24, 2.45) is 11.1 Å². The van der Waals surface area contributed by atoms with Gasteiger partial charge in [0.2, 0.25) is 0 Å². The van der Waals surface area contributed by atoms with Crippen molar-refractivity contribution >= 4 is 17.6 Å². The van der Waals surface area contributed by atoms with Crippen molar-refractivity contribution in [2.75, 3.05) is 7.11 Å². The third kappa shape index (κ3) is 3.89. The molecule has 3 N–H and O–H groups in total. The van der Waals surface area contributed by atoms with Gasteiger partial charge in [0, 0.05) is 6.04 Å². The van der Waals surface area contributed by atoms with Crippen LogP contribution in [0.5, 0.6) is 5.75 Å². The summed E-state index contributed by atoms with van der Waals surface area (Å²) < 4.78 is 5.14. The van der Waals surface area contributed by atoms with Gasteiger partial charge in [-0.15, -0.1) is 0 Å². The summed E-state index contributed by atoms with van der Waals surface area (Å²) in [5.74, 6) is -0.120. The number of halogens is 1. The fraction of sp³-hybridized carbons (Fsp3) is 0.562. The Bertz CT molecular complexity index is 512. The average molecular weight is 312 g/mol. The molecule has 116 valence electrons. The Kier molecular flexibility index (Phi) is 5.12. The molecule has 1 saturated carbocycles. The maximum absolute atomic E-state index is 11.1. The number of hydrogen-bond donors (Lipinski definition) is 2. The van der Waals surface area contributed by atoms with Gasteiger partial charge < -0.3 is 15.6 Å². The fourth-order valence-corrected chi connectivity index (χ4v) is 3.66. The van der Waals surface area contributed by atoms with Crippen molar-refractivity contribution in [1.29, 1.82) is 0 Å². The van der Waals surface area contributed by atoms with Gasteiger partial charge in [-0.2, -0.15) is 0 Å². The van der Waals surface area contributed by atoms with Gasteiger partial charge in [0.15, 0.2) is 0 Å². The molecule has 2 rings (SSSR count). The third-order valence-electron chi connectivity index (χ3n) is 4.45. The van der Waals surface area contributed by atoms with E-state index >= 15 is 0 Å². The van der Waals surface area contributed by atoms with Crippen LogP contribution >= 0.6 is 11.6 Å². The van der Waals surface area contributed by atoms with E-state index in [1.54, 1.807) is 13.2 Å². The summed E-state index contributed by atoms with van der Waals surface area (Å²) in [5.41, 5.74) is 7.06. The van der Waals surface area contributed by atoms with Gasteiger partial charge in [-0.05, 0) is 42.4 Å². The second kappa shape index (κ2) is 6.67.